The minimum atomic E-state index is -0.926. The predicted molar refractivity (Wildman–Crippen MR) is 89.9 cm³/mol. The van der Waals surface area contributed by atoms with E-state index in [1.165, 1.54) is 0 Å². The highest BCUT2D eigenvalue weighted by Crippen LogP contribution is 2.33. The number of ether oxygens (including phenoxy) is 1. The highest BCUT2D eigenvalue weighted by molar-refractivity contribution is 6.34. The Morgan fingerprint density at radius 3 is 2.39 bits per heavy atom. The van der Waals surface area contributed by atoms with E-state index in [2.05, 4.69) is 5.10 Å². The van der Waals surface area contributed by atoms with Gasteiger partial charge in [-0.3, -0.25) is 4.79 Å². The lowest BCUT2D eigenvalue weighted by Gasteiger charge is -2.13. The van der Waals surface area contributed by atoms with Crippen molar-refractivity contribution in [2.75, 3.05) is 0 Å². The first-order valence-corrected chi connectivity index (χ1v) is 8.03. The van der Waals surface area contributed by atoms with Crippen LogP contribution in [0, 0.1) is 0 Å². The second-order valence-electron chi connectivity index (χ2n) is 5.40. The maximum absolute atomic E-state index is 11.0. The normalized spacial score (nSPS) is 11.0. The van der Waals surface area contributed by atoms with Gasteiger partial charge in [-0.15, -0.1) is 0 Å². The summed E-state index contributed by atoms with van der Waals surface area (Å²) in [5.74, 6) is 0.0865. The summed E-state index contributed by atoms with van der Waals surface area (Å²) >= 11 is 12.0. The van der Waals surface area contributed by atoms with Crippen LogP contribution in [0.25, 0.3) is 0 Å². The molecule has 0 saturated carbocycles. The zero-order valence-electron chi connectivity index (χ0n) is 13.1. The van der Waals surface area contributed by atoms with Gasteiger partial charge < -0.3 is 9.84 Å². The topological polar surface area (TPSA) is 64.3 Å². The third-order valence-corrected chi connectivity index (χ3v) is 3.69. The molecule has 1 N–H and O–H groups in total. The molecule has 0 bridgehead atoms. The van der Waals surface area contributed by atoms with Crippen LogP contribution in [-0.2, 0) is 17.6 Å². The standard InChI is InChI=1S/C16H18Cl2N2O3/c1-4-13-14(8-15(21)22)19-20(9(2)3)16(13)23-12-6-10(17)5-11(18)7-12/h5-7,9H,4,8H2,1-3H3,(H,21,22). The van der Waals surface area contributed by atoms with Crippen LogP contribution in [0.2, 0.25) is 10.0 Å². The first kappa shape index (κ1) is 17.6. The van der Waals surface area contributed by atoms with Crippen molar-refractivity contribution in [3.8, 4) is 11.6 Å². The monoisotopic (exact) mass is 356 g/mol. The summed E-state index contributed by atoms with van der Waals surface area (Å²) < 4.78 is 7.64. The third kappa shape index (κ3) is 4.18. The van der Waals surface area contributed by atoms with Crippen molar-refractivity contribution in [3.63, 3.8) is 0 Å². The zero-order valence-corrected chi connectivity index (χ0v) is 14.6. The SMILES string of the molecule is CCc1c(CC(=O)O)nn(C(C)C)c1Oc1cc(Cl)cc(Cl)c1. The van der Waals surface area contributed by atoms with Crippen LogP contribution in [0.3, 0.4) is 0 Å². The van der Waals surface area contributed by atoms with Gasteiger partial charge in [0.25, 0.3) is 0 Å². The molecule has 0 atom stereocenters. The first-order valence-electron chi connectivity index (χ1n) is 7.27. The van der Waals surface area contributed by atoms with Gasteiger partial charge in [0.05, 0.1) is 18.2 Å². The molecule has 0 fully saturated rings. The smallest absolute Gasteiger partial charge is 0.309 e. The molecule has 1 heterocycles. The van der Waals surface area contributed by atoms with E-state index in [0.717, 1.165) is 5.56 Å². The van der Waals surface area contributed by atoms with Gasteiger partial charge >= 0.3 is 5.97 Å². The van der Waals surface area contributed by atoms with Crippen molar-refractivity contribution in [3.05, 3.63) is 39.5 Å². The Morgan fingerprint density at radius 2 is 1.91 bits per heavy atom. The number of aromatic nitrogens is 2. The van der Waals surface area contributed by atoms with Crippen LogP contribution >= 0.6 is 23.2 Å². The van der Waals surface area contributed by atoms with Gasteiger partial charge in [0, 0.05) is 15.6 Å². The van der Waals surface area contributed by atoms with E-state index in [0.29, 0.717) is 33.8 Å². The minimum absolute atomic E-state index is 0.0208. The van der Waals surface area contributed by atoms with Crippen molar-refractivity contribution >= 4 is 29.2 Å². The van der Waals surface area contributed by atoms with E-state index in [1.807, 2.05) is 20.8 Å². The highest BCUT2D eigenvalue weighted by atomic mass is 35.5. The summed E-state index contributed by atoms with van der Waals surface area (Å²) in [7, 11) is 0. The van der Waals surface area contributed by atoms with E-state index in [9.17, 15) is 4.79 Å². The summed E-state index contributed by atoms with van der Waals surface area (Å²) in [5.41, 5.74) is 1.29. The average Bonchev–Trinajstić information content (AvgIpc) is 2.74. The fraction of sp³-hybridized carbons (Fsp3) is 0.375. The molecule has 0 spiro atoms. The number of carbonyl (C=O) groups is 1. The number of benzene rings is 1. The second-order valence-corrected chi connectivity index (χ2v) is 6.27. The lowest BCUT2D eigenvalue weighted by molar-refractivity contribution is -0.136. The Morgan fingerprint density at radius 1 is 1.30 bits per heavy atom. The predicted octanol–water partition coefficient (Wildman–Crippen LogP) is 4.75. The van der Waals surface area contributed by atoms with Crippen molar-refractivity contribution in [2.45, 2.75) is 39.7 Å². The maximum Gasteiger partial charge on any atom is 0.309 e. The van der Waals surface area contributed by atoms with Crippen LogP contribution in [-0.4, -0.2) is 20.9 Å². The summed E-state index contributed by atoms with van der Waals surface area (Å²) in [5, 5.41) is 14.4. The van der Waals surface area contributed by atoms with Crippen molar-refractivity contribution in [2.24, 2.45) is 0 Å². The Balaban J connectivity index is 2.50. The summed E-state index contributed by atoms with van der Waals surface area (Å²) in [6.07, 6.45) is 0.467. The molecule has 0 aliphatic heterocycles. The maximum atomic E-state index is 11.0. The van der Waals surface area contributed by atoms with E-state index in [1.54, 1.807) is 22.9 Å². The van der Waals surface area contributed by atoms with Crippen LogP contribution in [0.5, 0.6) is 11.6 Å². The van der Waals surface area contributed by atoms with Crippen molar-refractivity contribution < 1.29 is 14.6 Å². The molecule has 0 radical (unpaired) electrons. The van der Waals surface area contributed by atoms with Gasteiger partial charge in [0.15, 0.2) is 0 Å². The largest absolute Gasteiger partial charge is 0.481 e. The Bertz CT molecular complexity index is 706. The van der Waals surface area contributed by atoms with Crippen LogP contribution < -0.4 is 4.74 Å². The zero-order chi connectivity index (χ0) is 17.1. The molecule has 0 unspecified atom stereocenters. The van der Waals surface area contributed by atoms with Gasteiger partial charge in [-0.1, -0.05) is 30.1 Å². The molecule has 124 valence electrons. The van der Waals surface area contributed by atoms with Crippen LogP contribution in [0.15, 0.2) is 18.2 Å². The number of nitrogens with zero attached hydrogens (tertiary/aromatic N) is 2. The third-order valence-electron chi connectivity index (χ3n) is 3.25. The number of carboxylic acid groups (broad SMARTS) is 1. The quantitative estimate of drug-likeness (QED) is 0.810. The molecule has 0 aliphatic rings. The lowest BCUT2D eigenvalue weighted by Crippen LogP contribution is -2.06. The summed E-state index contributed by atoms with van der Waals surface area (Å²) in [6.45, 7) is 5.84. The Labute approximate surface area is 144 Å². The highest BCUT2D eigenvalue weighted by Gasteiger charge is 2.22. The number of hydrogen-bond donors (Lipinski definition) is 1. The fourth-order valence-electron chi connectivity index (χ4n) is 2.30. The van der Waals surface area contributed by atoms with Gasteiger partial charge in [0.1, 0.15) is 5.75 Å². The molecular weight excluding hydrogens is 339 g/mol. The first-order chi connectivity index (χ1) is 10.8. The average molecular weight is 357 g/mol. The van der Waals surface area contributed by atoms with Gasteiger partial charge in [0.2, 0.25) is 5.88 Å². The van der Waals surface area contributed by atoms with Crippen LogP contribution in [0.4, 0.5) is 0 Å². The van der Waals surface area contributed by atoms with Gasteiger partial charge in [-0.25, -0.2) is 4.68 Å². The van der Waals surface area contributed by atoms with E-state index in [-0.39, 0.29) is 12.5 Å². The number of rotatable bonds is 6. The van der Waals surface area contributed by atoms with Crippen molar-refractivity contribution in [1.82, 2.24) is 9.78 Å². The summed E-state index contributed by atoms with van der Waals surface area (Å²) in [4.78, 5) is 11.0. The van der Waals surface area contributed by atoms with Crippen molar-refractivity contribution in [1.29, 1.82) is 0 Å². The molecular formula is C16H18Cl2N2O3. The molecule has 0 saturated heterocycles. The van der Waals surface area contributed by atoms with E-state index < -0.39 is 5.97 Å². The second kappa shape index (κ2) is 7.23. The molecule has 0 aliphatic carbocycles. The number of halogens is 2. The number of hydrogen-bond acceptors (Lipinski definition) is 3. The molecule has 0 amide bonds. The molecule has 23 heavy (non-hydrogen) atoms. The molecule has 7 heteroatoms. The molecule has 2 rings (SSSR count). The molecule has 1 aromatic heterocycles. The number of carboxylic acids is 1. The fourth-order valence-corrected chi connectivity index (χ4v) is 2.80. The van der Waals surface area contributed by atoms with Crippen LogP contribution in [0.1, 0.15) is 38.1 Å². The Hall–Kier alpha value is -1.72. The lowest BCUT2D eigenvalue weighted by atomic mass is 10.1. The van der Waals surface area contributed by atoms with Gasteiger partial charge in [-0.05, 0) is 38.5 Å². The molecule has 1 aromatic carbocycles. The summed E-state index contributed by atoms with van der Waals surface area (Å²) in [6, 6.07) is 4.95. The Kier molecular flexibility index (Phi) is 5.55. The minimum Gasteiger partial charge on any atom is -0.481 e. The number of aliphatic carboxylic acids is 1. The molecule has 5 nitrogen and oxygen atoms in total. The van der Waals surface area contributed by atoms with E-state index >= 15 is 0 Å². The molecule has 2 aromatic rings. The van der Waals surface area contributed by atoms with E-state index in [4.69, 9.17) is 33.0 Å². The van der Waals surface area contributed by atoms with Gasteiger partial charge in [-0.2, -0.15) is 5.10 Å².